The lowest BCUT2D eigenvalue weighted by Gasteiger charge is -2.11. The number of benzene rings is 2. The zero-order valence-corrected chi connectivity index (χ0v) is 18.9. The van der Waals surface area contributed by atoms with Crippen LogP contribution in [-0.4, -0.2) is 25.5 Å². The van der Waals surface area contributed by atoms with Crippen LogP contribution in [0.1, 0.15) is 50.2 Å². The first kappa shape index (κ1) is 23.4. The summed E-state index contributed by atoms with van der Waals surface area (Å²) in [5.41, 5.74) is 2.54. The average Bonchev–Trinajstić information content (AvgIpc) is 3.36. The molecule has 170 valence electrons. The van der Waals surface area contributed by atoms with Crippen molar-refractivity contribution in [2.24, 2.45) is 5.92 Å². The maximum atomic E-state index is 12.3. The molecule has 2 amide bonds. The molecule has 1 saturated carbocycles. The second-order valence-corrected chi connectivity index (χ2v) is 7.98. The van der Waals surface area contributed by atoms with Gasteiger partial charge in [-0.05, 0) is 60.7 Å². The molecule has 1 aliphatic rings. The van der Waals surface area contributed by atoms with Gasteiger partial charge in [0.05, 0.1) is 13.7 Å². The maximum Gasteiger partial charge on any atom is 0.244 e. The molecule has 3 rings (SSSR count). The summed E-state index contributed by atoms with van der Waals surface area (Å²) < 4.78 is 11.0. The van der Waals surface area contributed by atoms with Gasteiger partial charge in [0.1, 0.15) is 0 Å². The fourth-order valence-electron chi connectivity index (χ4n) is 3.73. The van der Waals surface area contributed by atoms with Crippen molar-refractivity contribution in [3.63, 3.8) is 0 Å². The Morgan fingerprint density at radius 1 is 1.09 bits per heavy atom. The van der Waals surface area contributed by atoms with Crippen molar-refractivity contribution in [2.75, 3.05) is 19.0 Å². The van der Waals surface area contributed by atoms with Crippen molar-refractivity contribution in [2.45, 2.75) is 45.6 Å². The van der Waals surface area contributed by atoms with Gasteiger partial charge in [0.2, 0.25) is 11.8 Å². The Labute approximate surface area is 190 Å². The minimum atomic E-state index is -0.198. The Bertz CT molecular complexity index is 949. The van der Waals surface area contributed by atoms with Crippen LogP contribution < -0.4 is 20.1 Å². The molecule has 0 atom stereocenters. The van der Waals surface area contributed by atoms with E-state index < -0.39 is 0 Å². The van der Waals surface area contributed by atoms with Crippen molar-refractivity contribution < 1.29 is 19.1 Å². The molecule has 2 aromatic rings. The third kappa shape index (κ3) is 6.87. The number of carbonyl (C=O) groups is 2. The van der Waals surface area contributed by atoms with Crippen molar-refractivity contribution in [1.29, 1.82) is 0 Å². The third-order valence-corrected chi connectivity index (χ3v) is 5.46. The molecule has 0 radical (unpaired) electrons. The molecular formula is C26H32N2O4. The van der Waals surface area contributed by atoms with Crippen LogP contribution >= 0.6 is 0 Å². The number of ether oxygens (including phenoxy) is 2. The number of anilines is 1. The highest BCUT2D eigenvalue weighted by molar-refractivity contribution is 5.93. The van der Waals surface area contributed by atoms with E-state index in [-0.39, 0.29) is 17.7 Å². The summed E-state index contributed by atoms with van der Waals surface area (Å²) in [4.78, 5) is 24.6. The van der Waals surface area contributed by atoms with Crippen molar-refractivity contribution >= 4 is 23.6 Å². The summed E-state index contributed by atoms with van der Waals surface area (Å²) >= 11 is 0. The smallest absolute Gasteiger partial charge is 0.244 e. The standard InChI is InChI=1S/C26H32N2O4/c1-3-15-32-23-13-11-19(17-24(23)31-2)12-14-25(29)27-18-20-7-6-10-22(16-20)28-26(30)21-8-4-5-9-21/h6-7,10-14,16-17,21H,3-5,8-9,15,18H2,1-2H3,(H,27,29)(H,28,30)/b14-12+. The maximum absolute atomic E-state index is 12.3. The SMILES string of the molecule is CCCOc1ccc(/C=C/C(=O)NCc2cccc(NC(=O)C3CCCC3)c2)cc1OC. The van der Waals surface area contributed by atoms with Crippen molar-refractivity contribution in [1.82, 2.24) is 5.32 Å². The Hall–Kier alpha value is -3.28. The van der Waals surface area contributed by atoms with E-state index in [1.165, 1.54) is 6.08 Å². The van der Waals surface area contributed by atoms with Gasteiger partial charge in [0.15, 0.2) is 11.5 Å². The highest BCUT2D eigenvalue weighted by atomic mass is 16.5. The highest BCUT2D eigenvalue weighted by Crippen LogP contribution is 2.29. The molecule has 0 aliphatic heterocycles. The molecule has 1 fully saturated rings. The summed E-state index contributed by atoms with van der Waals surface area (Å²) in [6.45, 7) is 3.05. The molecule has 0 unspecified atom stereocenters. The summed E-state index contributed by atoms with van der Waals surface area (Å²) in [5, 5.41) is 5.88. The summed E-state index contributed by atoms with van der Waals surface area (Å²) in [5.74, 6) is 1.34. The molecule has 1 aliphatic carbocycles. The first-order valence-electron chi connectivity index (χ1n) is 11.3. The van der Waals surface area contributed by atoms with Gasteiger partial charge in [0, 0.05) is 24.2 Å². The van der Waals surface area contributed by atoms with E-state index in [4.69, 9.17) is 9.47 Å². The second-order valence-electron chi connectivity index (χ2n) is 7.98. The number of carbonyl (C=O) groups excluding carboxylic acids is 2. The van der Waals surface area contributed by atoms with Crippen LogP contribution in [0, 0.1) is 5.92 Å². The van der Waals surface area contributed by atoms with Crippen LogP contribution in [0.3, 0.4) is 0 Å². The molecule has 0 bridgehead atoms. The predicted octanol–water partition coefficient (Wildman–Crippen LogP) is 4.94. The van der Waals surface area contributed by atoms with Crippen molar-refractivity contribution in [3.05, 3.63) is 59.7 Å². The van der Waals surface area contributed by atoms with Crippen LogP contribution in [0.4, 0.5) is 5.69 Å². The average molecular weight is 437 g/mol. The lowest BCUT2D eigenvalue weighted by Crippen LogP contribution is -2.21. The molecule has 0 aromatic heterocycles. The topological polar surface area (TPSA) is 76.7 Å². The number of rotatable bonds is 10. The van der Waals surface area contributed by atoms with Gasteiger partial charge in [-0.25, -0.2) is 0 Å². The van der Waals surface area contributed by atoms with E-state index in [1.807, 2.05) is 49.4 Å². The van der Waals surface area contributed by atoms with Crippen LogP contribution in [0.15, 0.2) is 48.5 Å². The molecule has 6 nitrogen and oxygen atoms in total. The Balaban J connectivity index is 1.52. The molecule has 2 N–H and O–H groups in total. The monoisotopic (exact) mass is 436 g/mol. The van der Waals surface area contributed by atoms with E-state index in [0.717, 1.165) is 48.9 Å². The predicted molar refractivity (Wildman–Crippen MR) is 127 cm³/mol. The van der Waals surface area contributed by atoms with Gasteiger partial charge in [-0.15, -0.1) is 0 Å². The highest BCUT2D eigenvalue weighted by Gasteiger charge is 2.22. The summed E-state index contributed by atoms with van der Waals surface area (Å²) in [6.07, 6.45) is 8.33. The van der Waals surface area contributed by atoms with E-state index in [2.05, 4.69) is 10.6 Å². The summed E-state index contributed by atoms with van der Waals surface area (Å²) in [6, 6.07) is 13.2. The van der Waals surface area contributed by atoms with E-state index >= 15 is 0 Å². The molecule has 0 spiro atoms. The number of nitrogens with one attached hydrogen (secondary N) is 2. The molecule has 0 saturated heterocycles. The van der Waals surface area contributed by atoms with Crippen molar-refractivity contribution in [3.8, 4) is 11.5 Å². The van der Waals surface area contributed by atoms with Gasteiger partial charge in [-0.2, -0.15) is 0 Å². The first-order valence-corrected chi connectivity index (χ1v) is 11.3. The van der Waals surface area contributed by atoms with E-state index in [0.29, 0.717) is 24.7 Å². The van der Waals surface area contributed by atoms with Crippen LogP contribution in [0.5, 0.6) is 11.5 Å². The van der Waals surface area contributed by atoms with Gasteiger partial charge < -0.3 is 20.1 Å². The van der Waals surface area contributed by atoms with Gasteiger partial charge >= 0.3 is 0 Å². The molecule has 6 heteroatoms. The van der Waals surface area contributed by atoms with Gasteiger partial charge in [0.25, 0.3) is 0 Å². The molecule has 0 heterocycles. The number of hydrogen-bond donors (Lipinski definition) is 2. The van der Waals surface area contributed by atoms with E-state index in [1.54, 1.807) is 13.2 Å². The zero-order chi connectivity index (χ0) is 22.8. The first-order chi connectivity index (χ1) is 15.6. The Morgan fingerprint density at radius 3 is 2.66 bits per heavy atom. The Kier molecular flexibility index (Phi) is 8.72. The van der Waals surface area contributed by atoms with E-state index in [9.17, 15) is 9.59 Å². The molecule has 32 heavy (non-hydrogen) atoms. The number of hydrogen-bond acceptors (Lipinski definition) is 4. The summed E-state index contributed by atoms with van der Waals surface area (Å²) in [7, 11) is 1.60. The van der Waals surface area contributed by atoms with Crippen LogP contribution in [-0.2, 0) is 16.1 Å². The van der Waals surface area contributed by atoms with Crippen LogP contribution in [0.25, 0.3) is 6.08 Å². The minimum absolute atomic E-state index is 0.0909. The molecule has 2 aromatic carbocycles. The third-order valence-electron chi connectivity index (χ3n) is 5.46. The number of methoxy groups -OCH3 is 1. The van der Waals surface area contributed by atoms with Gasteiger partial charge in [-0.1, -0.05) is 38.0 Å². The Morgan fingerprint density at radius 2 is 1.91 bits per heavy atom. The van der Waals surface area contributed by atoms with Crippen LogP contribution in [0.2, 0.25) is 0 Å². The second kappa shape index (κ2) is 11.9. The quantitative estimate of drug-likeness (QED) is 0.517. The van der Waals surface area contributed by atoms with Gasteiger partial charge in [-0.3, -0.25) is 9.59 Å². The fourth-order valence-corrected chi connectivity index (χ4v) is 3.73. The lowest BCUT2D eigenvalue weighted by molar-refractivity contribution is -0.119. The fraction of sp³-hybridized carbons (Fsp3) is 0.385. The largest absolute Gasteiger partial charge is 0.493 e. The number of amides is 2. The normalized spacial score (nSPS) is 13.8. The lowest BCUT2D eigenvalue weighted by atomic mass is 10.1. The molecular weight excluding hydrogens is 404 g/mol. The zero-order valence-electron chi connectivity index (χ0n) is 18.9. The minimum Gasteiger partial charge on any atom is -0.493 e.